The van der Waals surface area contributed by atoms with Crippen LogP contribution in [-0.2, 0) is 9.47 Å². The zero-order valence-corrected chi connectivity index (χ0v) is 22.0. The molecule has 1 saturated heterocycles. The lowest BCUT2D eigenvalue weighted by atomic mass is 9.99. The molecule has 2 aromatic carbocycles. The lowest BCUT2D eigenvalue weighted by molar-refractivity contribution is -0.0396. The standard InChI is InChI=1S/C33H42O2/c1-25(2)15-12-16-26(3)17-13-18-27(4)19-14-20-28(5)33-34-31(29-21-8-6-9-22-29)32(35-33)30-23-10-7-11-24-30/h6-11,15,17,19,21-24,31-33H,5,12-14,16,18,20H2,1-4H3. The summed E-state index contributed by atoms with van der Waals surface area (Å²) in [5.41, 5.74) is 7.60. The van der Waals surface area contributed by atoms with Crippen LogP contribution in [0.4, 0.5) is 0 Å². The van der Waals surface area contributed by atoms with Gasteiger partial charge in [-0.15, -0.1) is 0 Å². The van der Waals surface area contributed by atoms with E-state index >= 15 is 0 Å². The minimum Gasteiger partial charge on any atom is -0.338 e. The van der Waals surface area contributed by atoms with Crippen LogP contribution in [0.2, 0.25) is 0 Å². The molecule has 35 heavy (non-hydrogen) atoms. The largest absolute Gasteiger partial charge is 0.338 e. The fourth-order valence-electron chi connectivity index (χ4n) is 4.39. The van der Waals surface area contributed by atoms with Crippen LogP contribution in [0, 0.1) is 0 Å². The van der Waals surface area contributed by atoms with Crippen molar-refractivity contribution in [2.75, 3.05) is 0 Å². The van der Waals surface area contributed by atoms with Gasteiger partial charge in [0.05, 0.1) is 0 Å². The second-order valence-corrected chi connectivity index (χ2v) is 9.92. The second kappa shape index (κ2) is 14.0. The highest BCUT2D eigenvalue weighted by atomic mass is 16.7. The van der Waals surface area contributed by atoms with Crippen molar-refractivity contribution in [1.82, 2.24) is 0 Å². The van der Waals surface area contributed by atoms with Crippen LogP contribution < -0.4 is 0 Å². The highest BCUT2D eigenvalue weighted by Crippen LogP contribution is 2.44. The van der Waals surface area contributed by atoms with Crippen LogP contribution in [0.3, 0.4) is 0 Å². The molecule has 0 aliphatic carbocycles. The Hall–Kier alpha value is -2.68. The van der Waals surface area contributed by atoms with Gasteiger partial charge in [-0.3, -0.25) is 0 Å². The maximum Gasteiger partial charge on any atom is 0.181 e. The Bertz CT molecular complexity index is 962. The molecule has 1 heterocycles. The van der Waals surface area contributed by atoms with Crippen LogP contribution in [-0.4, -0.2) is 6.29 Å². The number of hydrogen-bond donors (Lipinski definition) is 0. The van der Waals surface area contributed by atoms with E-state index in [9.17, 15) is 0 Å². The summed E-state index contributed by atoms with van der Waals surface area (Å²) < 4.78 is 12.8. The highest BCUT2D eigenvalue weighted by Gasteiger charge is 2.38. The van der Waals surface area contributed by atoms with Gasteiger partial charge in [-0.25, -0.2) is 0 Å². The van der Waals surface area contributed by atoms with Gasteiger partial charge in [0.25, 0.3) is 0 Å². The molecule has 1 aliphatic heterocycles. The number of benzene rings is 2. The lowest BCUT2D eigenvalue weighted by Crippen LogP contribution is -2.11. The van der Waals surface area contributed by atoms with Crippen molar-refractivity contribution in [2.45, 2.75) is 84.7 Å². The maximum absolute atomic E-state index is 6.42. The second-order valence-electron chi connectivity index (χ2n) is 9.92. The van der Waals surface area contributed by atoms with E-state index in [0.717, 1.165) is 55.2 Å². The van der Waals surface area contributed by atoms with Crippen molar-refractivity contribution in [2.24, 2.45) is 0 Å². The molecule has 0 N–H and O–H groups in total. The molecule has 0 spiro atoms. The SMILES string of the molecule is C=C(CCC=C(C)CCC=C(C)CCC=C(C)C)C1OC(c2ccccc2)C(c2ccccc2)O1. The topological polar surface area (TPSA) is 18.5 Å². The molecule has 0 saturated carbocycles. The third-order valence-corrected chi connectivity index (χ3v) is 6.49. The Morgan fingerprint density at radius 2 is 1.09 bits per heavy atom. The molecule has 1 fully saturated rings. The molecule has 2 nitrogen and oxygen atoms in total. The van der Waals surface area contributed by atoms with Crippen molar-refractivity contribution < 1.29 is 9.47 Å². The van der Waals surface area contributed by atoms with Gasteiger partial charge in [0.15, 0.2) is 6.29 Å². The van der Waals surface area contributed by atoms with E-state index in [1.54, 1.807) is 0 Å². The third kappa shape index (κ3) is 8.80. The number of ether oxygens (including phenoxy) is 2. The Kier molecular flexibility index (Phi) is 10.8. The van der Waals surface area contributed by atoms with Crippen molar-refractivity contribution in [3.05, 3.63) is 119 Å². The third-order valence-electron chi connectivity index (χ3n) is 6.49. The quantitative estimate of drug-likeness (QED) is 0.287. The van der Waals surface area contributed by atoms with E-state index in [1.807, 2.05) is 12.1 Å². The van der Waals surface area contributed by atoms with Gasteiger partial charge in [-0.1, -0.05) is 102 Å². The molecule has 0 aromatic heterocycles. The fraction of sp³-hybridized carbons (Fsp3) is 0.394. The Balaban J connectivity index is 1.50. The van der Waals surface area contributed by atoms with Crippen LogP contribution >= 0.6 is 0 Å². The Morgan fingerprint density at radius 1 is 0.657 bits per heavy atom. The molecular weight excluding hydrogens is 428 g/mol. The predicted molar refractivity (Wildman–Crippen MR) is 148 cm³/mol. The van der Waals surface area contributed by atoms with Crippen LogP contribution in [0.25, 0.3) is 0 Å². The normalized spacial score (nSPS) is 20.6. The summed E-state index contributed by atoms with van der Waals surface area (Å²) in [7, 11) is 0. The lowest BCUT2D eigenvalue weighted by Gasteiger charge is -2.17. The summed E-state index contributed by atoms with van der Waals surface area (Å²) >= 11 is 0. The average molecular weight is 471 g/mol. The summed E-state index contributed by atoms with van der Waals surface area (Å²) in [6.07, 6.45) is 12.7. The first-order chi connectivity index (χ1) is 16.9. The van der Waals surface area contributed by atoms with E-state index in [0.29, 0.717) is 0 Å². The minimum atomic E-state index is -0.384. The van der Waals surface area contributed by atoms with Gasteiger partial charge in [-0.05, 0) is 82.9 Å². The van der Waals surface area contributed by atoms with Gasteiger partial charge in [0.2, 0.25) is 0 Å². The average Bonchev–Trinajstić information content (AvgIpc) is 3.31. The monoisotopic (exact) mass is 470 g/mol. The van der Waals surface area contributed by atoms with Gasteiger partial charge in [-0.2, -0.15) is 0 Å². The van der Waals surface area contributed by atoms with E-state index < -0.39 is 0 Å². The molecule has 0 bridgehead atoms. The Morgan fingerprint density at radius 3 is 1.54 bits per heavy atom. The fourth-order valence-corrected chi connectivity index (χ4v) is 4.39. The van der Waals surface area contributed by atoms with Gasteiger partial charge in [0, 0.05) is 0 Å². The summed E-state index contributed by atoms with van der Waals surface area (Å²) in [5.74, 6) is 0. The summed E-state index contributed by atoms with van der Waals surface area (Å²) in [6, 6.07) is 20.7. The maximum atomic E-state index is 6.42. The molecular formula is C33H42O2. The molecule has 0 radical (unpaired) electrons. The van der Waals surface area contributed by atoms with Crippen molar-refractivity contribution in [3.8, 4) is 0 Å². The molecule has 2 unspecified atom stereocenters. The van der Waals surface area contributed by atoms with Gasteiger partial charge < -0.3 is 9.47 Å². The van der Waals surface area contributed by atoms with Gasteiger partial charge in [0.1, 0.15) is 12.2 Å². The first kappa shape index (κ1) is 26.9. The Labute approximate surface area is 213 Å². The summed E-state index contributed by atoms with van der Waals surface area (Å²) in [6.45, 7) is 13.1. The van der Waals surface area contributed by atoms with Crippen LogP contribution in [0.5, 0.6) is 0 Å². The molecule has 186 valence electrons. The van der Waals surface area contributed by atoms with Crippen LogP contribution in [0.15, 0.2) is 108 Å². The molecule has 0 amide bonds. The van der Waals surface area contributed by atoms with Gasteiger partial charge >= 0.3 is 0 Å². The van der Waals surface area contributed by atoms with Crippen molar-refractivity contribution in [3.63, 3.8) is 0 Å². The molecule has 2 aromatic rings. The zero-order chi connectivity index (χ0) is 25.0. The number of rotatable bonds is 12. The van der Waals surface area contributed by atoms with E-state index in [4.69, 9.17) is 9.47 Å². The van der Waals surface area contributed by atoms with Crippen molar-refractivity contribution >= 4 is 0 Å². The van der Waals surface area contributed by atoms with Crippen molar-refractivity contribution in [1.29, 1.82) is 0 Å². The number of allylic oxidation sites excluding steroid dienone is 6. The minimum absolute atomic E-state index is 0.135. The summed E-state index contributed by atoms with van der Waals surface area (Å²) in [4.78, 5) is 0. The predicted octanol–water partition coefficient (Wildman–Crippen LogP) is 9.60. The van der Waals surface area contributed by atoms with E-state index in [1.165, 1.54) is 16.7 Å². The molecule has 3 rings (SSSR count). The van der Waals surface area contributed by atoms with E-state index in [2.05, 4.69) is 101 Å². The smallest absolute Gasteiger partial charge is 0.181 e. The first-order valence-corrected chi connectivity index (χ1v) is 13.0. The summed E-state index contributed by atoms with van der Waals surface area (Å²) in [5, 5.41) is 0. The molecule has 2 heteroatoms. The molecule has 2 atom stereocenters. The zero-order valence-electron chi connectivity index (χ0n) is 22.0. The number of hydrogen-bond acceptors (Lipinski definition) is 2. The van der Waals surface area contributed by atoms with Crippen LogP contribution in [0.1, 0.15) is 89.6 Å². The van der Waals surface area contributed by atoms with E-state index in [-0.39, 0.29) is 18.5 Å². The first-order valence-electron chi connectivity index (χ1n) is 13.0. The highest BCUT2D eigenvalue weighted by molar-refractivity contribution is 5.27. The molecule has 1 aliphatic rings.